The van der Waals surface area contributed by atoms with Gasteiger partial charge in [0.1, 0.15) is 5.56 Å². The number of benzene rings is 1. The second-order valence-electron chi connectivity index (χ2n) is 6.30. The number of hydrogen-bond donors (Lipinski definition) is 1. The van der Waals surface area contributed by atoms with Crippen molar-refractivity contribution in [2.45, 2.75) is 6.42 Å². The first-order chi connectivity index (χ1) is 14.2. The van der Waals surface area contributed by atoms with Gasteiger partial charge in [-0.25, -0.2) is 9.50 Å². The third kappa shape index (κ3) is 3.79. The number of methoxy groups -OCH3 is 2. The highest BCUT2D eigenvalue weighted by Gasteiger charge is 2.16. The van der Waals surface area contributed by atoms with Gasteiger partial charge in [0, 0.05) is 12.7 Å². The van der Waals surface area contributed by atoms with Gasteiger partial charge in [-0.15, -0.1) is 11.3 Å². The maximum atomic E-state index is 12.7. The molecule has 0 radical (unpaired) electrons. The average molecular weight is 408 g/mol. The van der Waals surface area contributed by atoms with Gasteiger partial charge in [-0.1, -0.05) is 12.1 Å². The second kappa shape index (κ2) is 8.32. The molecule has 148 valence electrons. The fraction of sp³-hybridized carbons (Fsp3) is 0.190. The summed E-state index contributed by atoms with van der Waals surface area (Å²) >= 11 is 1.62. The molecule has 0 fully saturated rings. The Kier molecular flexibility index (Phi) is 5.44. The van der Waals surface area contributed by atoms with E-state index in [-0.39, 0.29) is 5.91 Å². The number of nitrogens with one attached hydrogen (secondary N) is 1. The smallest absolute Gasteiger partial charge is 0.256 e. The summed E-state index contributed by atoms with van der Waals surface area (Å²) in [5, 5.41) is 9.32. The summed E-state index contributed by atoms with van der Waals surface area (Å²) in [5.41, 5.74) is 2.95. The molecular weight excluding hydrogens is 388 g/mol. The molecule has 4 aromatic rings. The summed E-state index contributed by atoms with van der Waals surface area (Å²) < 4.78 is 12.3. The molecule has 0 saturated carbocycles. The van der Waals surface area contributed by atoms with Crippen molar-refractivity contribution < 1.29 is 14.3 Å². The van der Waals surface area contributed by atoms with Crippen LogP contribution in [-0.4, -0.2) is 41.3 Å². The molecule has 0 aliphatic heterocycles. The van der Waals surface area contributed by atoms with Crippen molar-refractivity contribution in [1.29, 1.82) is 0 Å². The van der Waals surface area contributed by atoms with Gasteiger partial charge >= 0.3 is 0 Å². The van der Waals surface area contributed by atoms with Gasteiger partial charge in [0.25, 0.3) is 5.91 Å². The Labute approximate surface area is 171 Å². The summed E-state index contributed by atoms with van der Waals surface area (Å²) in [6.45, 7) is 0.482. The topological polar surface area (TPSA) is 77.8 Å². The number of aromatic nitrogens is 3. The van der Waals surface area contributed by atoms with Crippen molar-refractivity contribution in [1.82, 2.24) is 19.9 Å². The highest BCUT2D eigenvalue weighted by molar-refractivity contribution is 7.13. The van der Waals surface area contributed by atoms with E-state index < -0.39 is 0 Å². The highest BCUT2D eigenvalue weighted by atomic mass is 32.1. The van der Waals surface area contributed by atoms with Gasteiger partial charge in [-0.05, 0) is 41.6 Å². The van der Waals surface area contributed by atoms with Gasteiger partial charge in [-0.2, -0.15) is 5.10 Å². The van der Waals surface area contributed by atoms with Gasteiger partial charge in [0.15, 0.2) is 17.1 Å². The average Bonchev–Trinajstić information content (AvgIpc) is 3.43. The predicted molar refractivity (Wildman–Crippen MR) is 112 cm³/mol. The van der Waals surface area contributed by atoms with Crippen LogP contribution < -0.4 is 14.8 Å². The third-order valence-corrected chi connectivity index (χ3v) is 5.46. The minimum atomic E-state index is -0.198. The SMILES string of the molecule is COc1ccc(CCNC(=O)c2cnn3c(-c4cccs4)ccnc23)cc1OC. The lowest BCUT2D eigenvalue weighted by Gasteiger charge is -2.10. The molecule has 7 nitrogen and oxygen atoms in total. The number of fused-ring (bicyclic) bond motifs is 1. The number of thiophene rings is 1. The molecule has 0 spiro atoms. The van der Waals surface area contributed by atoms with Gasteiger partial charge < -0.3 is 14.8 Å². The molecule has 1 amide bonds. The van der Waals surface area contributed by atoms with E-state index >= 15 is 0 Å². The molecule has 0 aliphatic carbocycles. The first-order valence-corrected chi connectivity index (χ1v) is 9.95. The summed E-state index contributed by atoms with van der Waals surface area (Å²) in [4.78, 5) is 18.1. The Balaban J connectivity index is 1.47. The molecule has 29 heavy (non-hydrogen) atoms. The van der Waals surface area contributed by atoms with Gasteiger partial charge in [0.05, 0.1) is 31.0 Å². The zero-order valence-electron chi connectivity index (χ0n) is 16.1. The summed E-state index contributed by atoms with van der Waals surface area (Å²) in [6, 6.07) is 11.6. The fourth-order valence-corrected chi connectivity index (χ4v) is 3.85. The van der Waals surface area contributed by atoms with E-state index in [4.69, 9.17) is 9.47 Å². The first-order valence-electron chi connectivity index (χ1n) is 9.07. The van der Waals surface area contributed by atoms with Crippen LogP contribution >= 0.6 is 11.3 Å². The van der Waals surface area contributed by atoms with Crippen LogP contribution in [0.1, 0.15) is 15.9 Å². The monoisotopic (exact) mass is 408 g/mol. The molecular formula is C21H20N4O3S. The van der Waals surface area contributed by atoms with E-state index in [1.54, 1.807) is 42.5 Å². The molecule has 1 N–H and O–H groups in total. The molecule has 8 heteroatoms. The van der Waals surface area contributed by atoms with Gasteiger partial charge in [-0.3, -0.25) is 4.79 Å². The summed E-state index contributed by atoms with van der Waals surface area (Å²) in [6.07, 6.45) is 3.93. The Bertz CT molecular complexity index is 1140. The van der Waals surface area contributed by atoms with E-state index in [0.29, 0.717) is 35.7 Å². The molecule has 0 saturated heterocycles. The largest absolute Gasteiger partial charge is 0.493 e. The zero-order valence-corrected chi connectivity index (χ0v) is 16.9. The Hall–Kier alpha value is -3.39. The molecule has 0 aliphatic rings. The Morgan fingerprint density at radius 1 is 1.17 bits per heavy atom. The van der Waals surface area contributed by atoms with E-state index in [0.717, 1.165) is 16.1 Å². The minimum Gasteiger partial charge on any atom is -0.493 e. The minimum absolute atomic E-state index is 0.198. The second-order valence-corrected chi connectivity index (χ2v) is 7.24. The number of amides is 1. The highest BCUT2D eigenvalue weighted by Crippen LogP contribution is 2.28. The third-order valence-electron chi connectivity index (χ3n) is 4.57. The van der Waals surface area contributed by atoms with Crippen molar-refractivity contribution in [3.63, 3.8) is 0 Å². The standard InChI is InChI=1S/C21H20N4O3S/c1-27-17-6-5-14(12-18(17)28-2)7-9-23-21(26)15-13-24-25-16(8-10-22-20(15)25)19-4-3-11-29-19/h3-6,8,10-13H,7,9H2,1-2H3,(H,23,26). The van der Waals surface area contributed by atoms with Crippen LogP contribution in [0.4, 0.5) is 0 Å². The van der Waals surface area contributed by atoms with Crippen LogP contribution in [0.15, 0.2) is 54.2 Å². The molecule has 3 aromatic heterocycles. The number of hydrogen-bond acceptors (Lipinski definition) is 6. The number of rotatable bonds is 7. The van der Waals surface area contributed by atoms with E-state index in [2.05, 4.69) is 15.4 Å². The van der Waals surface area contributed by atoms with E-state index in [9.17, 15) is 4.79 Å². The van der Waals surface area contributed by atoms with Gasteiger partial charge in [0.2, 0.25) is 0 Å². The number of ether oxygens (including phenoxy) is 2. The van der Waals surface area contributed by atoms with Crippen LogP contribution in [0, 0.1) is 0 Å². The van der Waals surface area contributed by atoms with Crippen LogP contribution in [0.5, 0.6) is 11.5 Å². The maximum Gasteiger partial charge on any atom is 0.256 e. The normalized spacial score (nSPS) is 10.8. The van der Waals surface area contributed by atoms with Crippen molar-refractivity contribution in [3.8, 4) is 22.1 Å². The fourth-order valence-electron chi connectivity index (χ4n) is 3.11. The lowest BCUT2D eigenvalue weighted by molar-refractivity contribution is 0.0955. The molecule has 1 aromatic carbocycles. The van der Waals surface area contributed by atoms with Crippen molar-refractivity contribution in [2.75, 3.05) is 20.8 Å². The Morgan fingerprint density at radius 3 is 2.79 bits per heavy atom. The quantitative estimate of drug-likeness (QED) is 0.507. The molecule has 0 unspecified atom stereocenters. The van der Waals surface area contributed by atoms with Crippen LogP contribution in [0.3, 0.4) is 0 Å². The van der Waals surface area contributed by atoms with E-state index in [1.165, 1.54) is 0 Å². The Morgan fingerprint density at radius 2 is 2.03 bits per heavy atom. The van der Waals surface area contributed by atoms with Crippen molar-refractivity contribution in [3.05, 3.63) is 65.3 Å². The summed E-state index contributed by atoms with van der Waals surface area (Å²) in [7, 11) is 3.21. The van der Waals surface area contributed by atoms with Crippen LogP contribution in [-0.2, 0) is 6.42 Å². The lowest BCUT2D eigenvalue weighted by atomic mass is 10.1. The van der Waals surface area contributed by atoms with Crippen LogP contribution in [0.25, 0.3) is 16.2 Å². The number of nitrogens with zero attached hydrogens (tertiary/aromatic N) is 3. The summed E-state index contributed by atoms with van der Waals surface area (Å²) in [5.74, 6) is 1.15. The lowest BCUT2D eigenvalue weighted by Crippen LogP contribution is -2.25. The molecule has 4 rings (SSSR count). The van der Waals surface area contributed by atoms with Crippen LogP contribution in [0.2, 0.25) is 0 Å². The van der Waals surface area contributed by atoms with E-state index in [1.807, 2.05) is 41.8 Å². The predicted octanol–water partition coefficient (Wildman–Crippen LogP) is 3.45. The van der Waals surface area contributed by atoms with Crippen molar-refractivity contribution in [2.24, 2.45) is 0 Å². The van der Waals surface area contributed by atoms with Crippen molar-refractivity contribution >= 4 is 22.9 Å². The first kappa shape index (κ1) is 18.9. The molecule has 0 atom stereocenters. The molecule has 0 bridgehead atoms. The molecule has 3 heterocycles. The number of carbonyl (C=O) groups is 1. The zero-order chi connectivity index (χ0) is 20.2. The maximum absolute atomic E-state index is 12.7. The number of carbonyl (C=O) groups excluding carboxylic acids is 1.